The molecule has 1 fully saturated rings. The van der Waals surface area contributed by atoms with Crippen molar-refractivity contribution in [2.45, 2.75) is 26.9 Å². The number of benzene rings is 1. The smallest absolute Gasteiger partial charge is 0.263 e. The van der Waals surface area contributed by atoms with Crippen LogP contribution < -0.4 is 9.64 Å². The minimum atomic E-state index is -0.511. The summed E-state index contributed by atoms with van der Waals surface area (Å²) in [4.78, 5) is 18.0. The second-order valence-corrected chi connectivity index (χ2v) is 8.60. The molecule has 1 aliphatic heterocycles. The maximum Gasteiger partial charge on any atom is 0.263 e. The van der Waals surface area contributed by atoms with Crippen molar-refractivity contribution in [2.24, 2.45) is 0 Å². The number of rotatable bonds is 5. The Morgan fingerprint density at radius 3 is 2.37 bits per heavy atom. The van der Waals surface area contributed by atoms with Gasteiger partial charge in [-0.3, -0.25) is 4.79 Å². The number of nitrogens with zero attached hydrogens (tertiary/aromatic N) is 4. The van der Waals surface area contributed by atoms with Crippen LogP contribution >= 0.6 is 11.3 Å². The molecule has 1 aromatic carbocycles. The van der Waals surface area contributed by atoms with Crippen LogP contribution in [0.25, 0.3) is 10.6 Å². The van der Waals surface area contributed by atoms with Crippen LogP contribution in [0.4, 0.5) is 5.82 Å². The molecule has 0 radical (unpaired) electrons. The van der Waals surface area contributed by atoms with Crippen LogP contribution in [0.2, 0.25) is 0 Å². The summed E-state index contributed by atoms with van der Waals surface area (Å²) < 4.78 is 5.92. The van der Waals surface area contributed by atoms with Crippen molar-refractivity contribution < 1.29 is 9.53 Å². The topological polar surface area (TPSA) is 58.6 Å². The molecule has 0 spiro atoms. The zero-order valence-corrected chi connectivity index (χ0v) is 18.4. The summed E-state index contributed by atoms with van der Waals surface area (Å²) in [6.45, 7) is 8.63. The van der Waals surface area contributed by atoms with Crippen molar-refractivity contribution in [3.8, 4) is 16.3 Å². The summed E-state index contributed by atoms with van der Waals surface area (Å²) in [6, 6.07) is 14.1. The molecule has 7 heteroatoms. The first-order valence-electron chi connectivity index (χ1n) is 10.2. The van der Waals surface area contributed by atoms with Gasteiger partial charge in [0.25, 0.3) is 5.91 Å². The second-order valence-electron chi connectivity index (χ2n) is 7.65. The Labute approximate surface area is 181 Å². The molecule has 4 rings (SSSR count). The molecule has 3 aromatic rings. The molecule has 6 nitrogen and oxygen atoms in total. The largest absolute Gasteiger partial charge is 0.481 e. The molecule has 1 aliphatic rings. The Hall–Kier alpha value is -2.93. The molecule has 0 aliphatic carbocycles. The number of carbonyl (C=O) groups excluding carboxylic acids is 1. The molecular formula is C23H26N4O2S. The van der Waals surface area contributed by atoms with Crippen molar-refractivity contribution in [2.75, 3.05) is 31.1 Å². The molecule has 1 atom stereocenters. The fourth-order valence-corrected chi connectivity index (χ4v) is 4.41. The van der Waals surface area contributed by atoms with Crippen LogP contribution in [0, 0.1) is 13.8 Å². The van der Waals surface area contributed by atoms with Crippen LogP contribution in [0.3, 0.4) is 0 Å². The number of carbonyl (C=O) groups is 1. The van der Waals surface area contributed by atoms with Gasteiger partial charge in [-0.2, -0.15) is 0 Å². The van der Waals surface area contributed by atoms with E-state index in [1.165, 1.54) is 0 Å². The summed E-state index contributed by atoms with van der Waals surface area (Å²) in [5.74, 6) is 1.61. The molecule has 1 unspecified atom stereocenters. The highest BCUT2D eigenvalue weighted by Crippen LogP contribution is 2.24. The Kier molecular flexibility index (Phi) is 5.99. The molecule has 156 valence electrons. The molecule has 30 heavy (non-hydrogen) atoms. The molecule has 0 bridgehead atoms. The molecule has 1 saturated heterocycles. The summed E-state index contributed by atoms with van der Waals surface area (Å²) >= 11 is 1.65. The lowest BCUT2D eigenvalue weighted by atomic mass is 10.1. The fourth-order valence-electron chi connectivity index (χ4n) is 3.72. The predicted octanol–water partition coefficient (Wildman–Crippen LogP) is 3.94. The van der Waals surface area contributed by atoms with Crippen LogP contribution in [-0.4, -0.2) is 53.3 Å². The van der Waals surface area contributed by atoms with Gasteiger partial charge in [0.2, 0.25) is 0 Å². The molecule has 3 heterocycles. The zero-order valence-electron chi connectivity index (χ0n) is 17.5. The van der Waals surface area contributed by atoms with E-state index in [-0.39, 0.29) is 5.91 Å². The van der Waals surface area contributed by atoms with E-state index in [4.69, 9.17) is 4.74 Å². The van der Waals surface area contributed by atoms with E-state index >= 15 is 0 Å². The Morgan fingerprint density at radius 1 is 1.03 bits per heavy atom. The molecule has 0 saturated carbocycles. The predicted molar refractivity (Wildman–Crippen MR) is 120 cm³/mol. The standard InChI is InChI=1S/C23H26N4O2S/c1-16-13-17(2)15-19(14-16)29-18(3)23(28)27-10-8-26(9-11-27)22-7-6-20(24-25-22)21-5-4-12-30-21/h4-7,12-15,18H,8-11H2,1-3H3. The average molecular weight is 423 g/mol. The van der Waals surface area contributed by atoms with Crippen molar-refractivity contribution in [3.63, 3.8) is 0 Å². The highest BCUT2D eigenvalue weighted by molar-refractivity contribution is 7.13. The van der Waals surface area contributed by atoms with E-state index in [9.17, 15) is 4.79 Å². The van der Waals surface area contributed by atoms with E-state index in [0.29, 0.717) is 13.1 Å². The Morgan fingerprint density at radius 2 is 1.77 bits per heavy atom. The van der Waals surface area contributed by atoms with Crippen molar-refractivity contribution in [3.05, 3.63) is 59.0 Å². The third-order valence-corrected chi connectivity index (χ3v) is 6.09. The second kappa shape index (κ2) is 8.83. The average Bonchev–Trinajstić information content (AvgIpc) is 3.28. The SMILES string of the molecule is Cc1cc(C)cc(OC(C)C(=O)N2CCN(c3ccc(-c4cccs4)nn3)CC2)c1. The highest BCUT2D eigenvalue weighted by Gasteiger charge is 2.26. The first-order valence-corrected chi connectivity index (χ1v) is 11.0. The minimum absolute atomic E-state index is 0.0212. The lowest BCUT2D eigenvalue weighted by Gasteiger charge is -2.36. The van der Waals surface area contributed by atoms with Gasteiger partial charge < -0.3 is 14.5 Å². The summed E-state index contributed by atoms with van der Waals surface area (Å²) in [5.41, 5.74) is 3.15. The minimum Gasteiger partial charge on any atom is -0.481 e. The third-order valence-electron chi connectivity index (χ3n) is 5.20. The lowest BCUT2D eigenvalue weighted by Crippen LogP contribution is -2.52. The van der Waals surface area contributed by atoms with Gasteiger partial charge in [-0.05, 0) is 67.6 Å². The van der Waals surface area contributed by atoms with Gasteiger partial charge in [0, 0.05) is 26.2 Å². The number of thiophene rings is 1. The first-order chi connectivity index (χ1) is 14.5. The maximum absolute atomic E-state index is 12.8. The van der Waals surface area contributed by atoms with Crippen molar-refractivity contribution >= 4 is 23.1 Å². The number of amides is 1. The monoisotopic (exact) mass is 422 g/mol. The number of aromatic nitrogens is 2. The van der Waals surface area contributed by atoms with Gasteiger partial charge in [0.1, 0.15) is 11.4 Å². The van der Waals surface area contributed by atoms with Gasteiger partial charge in [-0.15, -0.1) is 21.5 Å². The maximum atomic E-state index is 12.8. The zero-order chi connectivity index (χ0) is 21.1. The normalized spacial score (nSPS) is 15.2. The Bertz CT molecular complexity index is 976. The molecule has 0 N–H and O–H groups in total. The number of piperazine rings is 1. The number of hydrogen-bond donors (Lipinski definition) is 0. The van der Waals surface area contributed by atoms with Crippen LogP contribution in [0.15, 0.2) is 47.8 Å². The van der Waals surface area contributed by atoms with Crippen LogP contribution in [0.5, 0.6) is 5.75 Å². The van der Waals surface area contributed by atoms with Gasteiger partial charge in [0.05, 0.1) is 4.88 Å². The van der Waals surface area contributed by atoms with Gasteiger partial charge in [-0.25, -0.2) is 0 Å². The summed E-state index contributed by atoms with van der Waals surface area (Å²) in [7, 11) is 0. The van der Waals surface area contributed by atoms with E-state index in [1.54, 1.807) is 11.3 Å². The fraction of sp³-hybridized carbons (Fsp3) is 0.348. The van der Waals surface area contributed by atoms with E-state index < -0.39 is 6.10 Å². The van der Waals surface area contributed by atoms with E-state index in [2.05, 4.69) is 21.2 Å². The quantitative estimate of drug-likeness (QED) is 0.623. The van der Waals surface area contributed by atoms with E-state index in [0.717, 1.165) is 46.4 Å². The number of aryl methyl sites for hydroxylation is 2. The van der Waals surface area contributed by atoms with Crippen LogP contribution in [-0.2, 0) is 4.79 Å². The third kappa shape index (κ3) is 4.62. The highest BCUT2D eigenvalue weighted by atomic mass is 32.1. The van der Waals surface area contributed by atoms with Gasteiger partial charge in [0.15, 0.2) is 11.9 Å². The summed E-state index contributed by atoms with van der Waals surface area (Å²) in [6.07, 6.45) is -0.511. The Balaban J connectivity index is 1.32. The number of hydrogen-bond acceptors (Lipinski definition) is 6. The van der Waals surface area contributed by atoms with E-state index in [1.807, 2.05) is 67.4 Å². The van der Waals surface area contributed by atoms with Crippen molar-refractivity contribution in [1.29, 1.82) is 0 Å². The first kappa shape index (κ1) is 20.3. The van der Waals surface area contributed by atoms with Crippen molar-refractivity contribution in [1.82, 2.24) is 15.1 Å². The van der Waals surface area contributed by atoms with Crippen LogP contribution in [0.1, 0.15) is 18.1 Å². The van der Waals surface area contributed by atoms with Gasteiger partial charge in [-0.1, -0.05) is 12.1 Å². The molecular weight excluding hydrogens is 396 g/mol. The summed E-state index contributed by atoms with van der Waals surface area (Å²) in [5, 5.41) is 10.8. The molecule has 2 aromatic heterocycles. The van der Waals surface area contributed by atoms with Gasteiger partial charge >= 0.3 is 0 Å². The number of ether oxygens (including phenoxy) is 1. The lowest BCUT2D eigenvalue weighted by molar-refractivity contribution is -0.138. The molecule has 1 amide bonds. The number of anilines is 1.